The van der Waals surface area contributed by atoms with Crippen LogP contribution in [0, 0.1) is 10.1 Å². The van der Waals surface area contributed by atoms with Crippen molar-refractivity contribution in [3.8, 4) is 0 Å². The summed E-state index contributed by atoms with van der Waals surface area (Å²) in [6.07, 6.45) is -11.0. The number of anilines is 1. The highest BCUT2D eigenvalue weighted by Crippen LogP contribution is 2.44. The first-order chi connectivity index (χ1) is 16.1. The molecule has 1 amide bonds. The van der Waals surface area contributed by atoms with Crippen LogP contribution in [0.3, 0.4) is 0 Å². The smallest absolute Gasteiger partial charge is 0.439 e. The topological polar surface area (TPSA) is 144 Å². The molecule has 0 fully saturated rings. The van der Waals surface area contributed by atoms with Crippen LogP contribution in [-0.2, 0) is 9.84 Å². The van der Waals surface area contributed by atoms with E-state index in [9.17, 15) is 49.7 Å². The number of aromatic nitrogens is 1. The van der Waals surface area contributed by atoms with Crippen LogP contribution < -0.4 is 10.6 Å². The number of nitrogens with one attached hydrogen (secondary N) is 2. The minimum atomic E-state index is -6.18. The number of thiazole rings is 1. The Morgan fingerprint density at radius 2 is 1.66 bits per heavy atom. The molecule has 3 aromatic rings. The number of hydrogen-bond acceptors (Lipinski definition) is 9. The van der Waals surface area contributed by atoms with Crippen LogP contribution in [0.1, 0.15) is 10.6 Å². The van der Waals surface area contributed by atoms with Crippen molar-refractivity contribution < 1.29 is 48.9 Å². The van der Waals surface area contributed by atoms with E-state index in [4.69, 9.17) is 0 Å². The van der Waals surface area contributed by atoms with Gasteiger partial charge in [-0.3, -0.25) is 14.9 Å². The van der Waals surface area contributed by atoms with Gasteiger partial charge in [0.25, 0.3) is 11.6 Å². The van der Waals surface area contributed by atoms with E-state index < -0.39 is 64.4 Å². The lowest BCUT2D eigenvalue weighted by Crippen LogP contribution is -2.72. The first-order valence-electron chi connectivity index (χ1n) is 8.81. The largest absolute Gasteiger partial charge is 0.459 e. The molecule has 2 aromatic heterocycles. The van der Waals surface area contributed by atoms with Gasteiger partial charge in [0.1, 0.15) is 4.21 Å². The van der Waals surface area contributed by atoms with Crippen molar-refractivity contribution in [3.05, 3.63) is 64.7 Å². The fourth-order valence-corrected chi connectivity index (χ4v) is 5.07. The number of nitrogens with zero attached hydrogens (tertiary/aromatic N) is 2. The Bertz CT molecular complexity index is 1320. The Kier molecular flexibility index (Phi) is 6.55. The van der Waals surface area contributed by atoms with E-state index in [1.807, 2.05) is 0 Å². The van der Waals surface area contributed by atoms with Crippen molar-refractivity contribution in [2.24, 2.45) is 0 Å². The van der Waals surface area contributed by atoms with Crippen molar-refractivity contribution in [3.63, 3.8) is 0 Å². The number of hydrogen-bond donors (Lipinski definition) is 2. The van der Waals surface area contributed by atoms with Gasteiger partial charge in [0.2, 0.25) is 9.84 Å². The average molecular weight is 544 g/mol. The summed E-state index contributed by atoms with van der Waals surface area (Å²) in [5.74, 6) is -2.72. The minimum Gasteiger partial charge on any atom is -0.459 e. The van der Waals surface area contributed by atoms with Gasteiger partial charge in [-0.1, -0.05) is 11.3 Å². The fourth-order valence-electron chi connectivity index (χ4n) is 2.58. The van der Waals surface area contributed by atoms with Crippen molar-refractivity contribution >= 4 is 37.9 Å². The molecule has 0 bridgehead atoms. The maximum absolute atomic E-state index is 13.7. The minimum absolute atomic E-state index is 0.0900. The second kappa shape index (κ2) is 8.84. The number of alkyl halides is 6. The third-order valence-corrected chi connectivity index (χ3v) is 7.44. The number of carbonyl (C=O) groups excluding carboxylic acids is 1. The first kappa shape index (κ1) is 25.9. The summed E-state index contributed by atoms with van der Waals surface area (Å²) in [6.45, 7) is 0. The van der Waals surface area contributed by atoms with Crippen LogP contribution in [0.5, 0.6) is 0 Å². The third kappa shape index (κ3) is 4.92. The van der Waals surface area contributed by atoms with Gasteiger partial charge in [0.05, 0.1) is 22.3 Å². The van der Waals surface area contributed by atoms with Gasteiger partial charge in [0.15, 0.2) is 10.9 Å². The predicted octanol–water partition coefficient (Wildman–Crippen LogP) is 4.14. The molecule has 0 aliphatic carbocycles. The number of carbonyl (C=O) groups is 1. The summed E-state index contributed by atoms with van der Waals surface area (Å²) in [5, 5.41) is 11.4. The van der Waals surface area contributed by atoms with Gasteiger partial charge in [-0.15, -0.1) is 0 Å². The van der Waals surface area contributed by atoms with Crippen molar-refractivity contribution in [2.45, 2.75) is 27.1 Å². The molecule has 35 heavy (non-hydrogen) atoms. The van der Waals surface area contributed by atoms with E-state index in [-0.39, 0.29) is 11.3 Å². The second-order valence-electron chi connectivity index (χ2n) is 6.54. The number of nitro benzene ring substituents is 1. The Labute approximate surface area is 194 Å². The Morgan fingerprint density at radius 3 is 2.14 bits per heavy atom. The molecule has 0 atom stereocenters. The quantitative estimate of drug-likeness (QED) is 0.196. The molecule has 0 saturated carbocycles. The van der Waals surface area contributed by atoms with Crippen LogP contribution in [0.2, 0.25) is 0 Å². The second-order valence-corrected chi connectivity index (χ2v) is 9.75. The zero-order valence-electron chi connectivity index (χ0n) is 16.5. The maximum atomic E-state index is 13.7. The lowest BCUT2D eigenvalue weighted by molar-refractivity contribution is -0.384. The molecule has 1 aromatic carbocycles. The molecular weight excluding hydrogens is 534 g/mol. The number of amides is 1. The first-order valence-corrected chi connectivity index (χ1v) is 11.1. The van der Waals surface area contributed by atoms with Crippen molar-refractivity contribution in [1.29, 1.82) is 0 Å². The molecule has 2 N–H and O–H groups in total. The molecule has 0 saturated heterocycles. The molecule has 10 nitrogen and oxygen atoms in total. The van der Waals surface area contributed by atoms with E-state index in [2.05, 4.69) is 9.40 Å². The Morgan fingerprint density at radius 1 is 1.06 bits per heavy atom. The van der Waals surface area contributed by atoms with Gasteiger partial charge >= 0.3 is 18.0 Å². The number of rotatable bonds is 7. The van der Waals surface area contributed by atoms with E-state index in [0.717, 1.165) is 53.3 Å². The average Bonchev–Trinajstić information content (AvgIpc) is 3.44. The van der Waals surface area contributed by atoms with Crippen LogP contribution >= 0.6 is 11.3 Å². The zero-order valence-corrected chi connectivity index (χ0v) is 18.2. The molecule has 0 aliphatic rings. The summed E-state index contributed by atoms with van der Waals surface area (Å²) >= 11 is -0.0900. The molecule has 188 valence electrons. The van der Waals surface area contributed by atoms with Gasteiger partial charge in [-0.2, -0.15) is 26.3 Å². The van der Waals surface area contributed by atoms with E-state index in [1.165, 1.54) is 0 Å². The van der Waals surface area contributed by atoms with Gasteiger partial charge in [-0.05, 0) is 24.3 Å². The molecule has 3 rings (SSSR count). The van der Waals surface area contributed by atoms with Crippen LogP contribution in [0.25, 0.3) is 0 Å². The molecule has 0 spiro atoms. The number of non-ortho nitro benzene ring substituents is 1. The van der Waals surface area contributed by atoms with Crippen LogP contribution in [-0.4, -0.2) is 42.2 Å². The molecule has 0 unspecified atom stereocenters. The maximum Gasteiger partial charge on any atom is 0.439 e. The third-order valence-electron chi connectivity index (χ3n) is 4.30. The number of sulfone groups is 1. The van der Waals surface area contributed by atoms with Crippen molar-refractivity contribution in [1.82, 2.24) is 10.3 Å². The Hall–Kier alpha value is -3.67. The summed E-state index contributed by atoms with van der Waals surface area (Å²) in [6, 6.07) is 5.23. The van der Waals surface area contributed by atoms with E-state index in [1.54, 1.807) is 0 Å². The summed E-state index contributed by atoms with van der Waals surface area (Å²) in [7, 11) is -4.52. The van der Waals surface area contributed by atoms with Crippen LogP contribution in [0.15, 0.2) is 62.4 Å². The number of nitro groups is 1. The van der Waals surface area contributed by atoms with Crippen molar-refractivity contribution in [2.75, 3.05) is 5.32 Å². The fraction of sp³-hybridized carbons (Fsp3) is 0.176. The number of benzene rings is 1. The lowest BCUT2D eigenvalue weighted by atomic mass is 10.1. The van der Waals surface area contributed by atoms with Crippen LogP contribution in [0.4, 0.5) is 37.2 Å². The molecule has 2 heterocycles. The van der Waals surface area contributed by atoms with E-state index in [0.29, 0.717) is 6.20 Å². The molecule has 18 heteroatoms. The Balaban J connectivity index is 1.99. The summed E-state index contributed by atoms with van der Waals surface area (Å²) < 4.78 is 112. The van der Waals surface area contributed by atoms with Gasteiger partial charge in [-0.25, -0.2) is 13.4 Å². The highest BCUT2D eigenvalue weighted by atomic mass is 32.2. The number of furan rings is 1. The monoisotopic (exact) mass is 544 g/mol. The molecule has 0 radical (unpaired) electrons. The summed E-state index contributed by atoms with van der Waals surface area (Å²) in [5.41, 5.74) is -5.53. The molecule has 0 aliphatic heterocycles. The predicted molar refractivity (Wildman–Crippen MR) is 105 cm³/mol. The lowest BCUT2D eigenvalue weighted by Gasteiger charge is -2.37. The SMILES string of the molecule is O=C(NC(Nc1ncc(S(=O)(=O)c2ccc([N+](=O)[O-])cc2)s1)(C(F)(F)F)C(F)(F)F)c1ccco1. The highest BCUT2D eigenvalue weighted by Gasteiger charge is 2.73. The highest BCUT2D eigenvalue weighted by molar-refractivity contribution is 7.93. The molecular formula is C17H10F6N4O6S2. The standard InChI is InChI=1S/C17H10F6N4O6S2/c18-16(19,20)15(17(21,22)23,25-13(28)11-2-1-7-33-11)26-14-24-8-12(34-14)35(31,32)10-5-3-9(4-6-10)27(29)30/h1-8H,(H,24,26)(H,25,28). The summed E-state index contributed by atoms with van der Waals surface area (Å²) in [4.78, 5) is 24.7. The number of halogens is 6. The van der Waals surface area contributed by atoms with E-state index >= 15 is 0 Å². The van der Waals surface area contributed by atoms with Gasteiger partial charge in [0, 0.05) is 12.1 Å². The normalized spacial score (nSPS) is 12.9. The zero-order chi connectivity index (χ0) is 26.2. The van der Waals surface area contributed by atoms with Gasteiger partial charge < -0.3 is 15.1 Å².